The maximum Gasteiger partial charge on any atom is 0.256 e. The third-order valence-electron chi connectivity index (χ3n) is 6.18. The zero-order valence-electron chi connectivity index (χ0n) is 18.4. The Labute approximate surface area is 206 Å². The lowest BCUT2D eigenvalue weighted by Crippen LogP contribution is -2.54. The van der Waals surface area contributed by atoms with E-state index in [1.54, 1.807) is 40.2 Å². The van der Waals surface area contributed by atoms with Gasteiger partial charge in [-0.15, -0.1) is 23.1 Å². The van der Waals surface area contributed by atoms with Crippen molar-refractivity contribution in [3.8, 4) is 11.1 Å². The molecule has 176 valence electrons. The van der Waals surface area contributed by atoms with Gasteiger partial charge in [0, 0.05) is 17.5 Å². The fourth-order valence-corrected chi connectivity index (χ4v) is 7.12. The van der Waals surface area contributed by atoms with Crippen LogP contribution in [0.15, 0.2) is 69.1 Å². The molecule has 2 amide bonds. The van der Waals surface area contributed by atoms with Crippen LogP contribution in [-0.4, -0.2) is 50.0 Å². The number of anilines is 1. The molecule has 2 N–H and O–H groups in total. The van der Waals surface area contributed by atoms with Crippen molar-refractivity contribution in [1.82, 2.24) is 9.62 Å². The van der Waals surface area contributed by atoms with Gasteiger partial charge in [0.25, 0.3) is 5.91 Å². The third-order valence-corrected chi connectivity index (χ3v) is 9.84. The number of sulfonamides is 1. The van der Waals surface area contributed by atoms with Gasteiger partial charge in [-0.3, -0.25) is 9.59 Å². The minimum absolute atomic E-state index is 0.221. The van der Waals surface area contributed by atoms with Crippen LogP contribution in [0, 0.1) is 0 Å². The summed E-state index contributed by atoms with van der Waals surface area (Å²) in [6.07, 6.45) is 2.68. The van der Waals surface area contributed by atoms with Gasteiger partial charge in [-0.2, -0.15) is 0 Å². The SMILES string of the molecule is CSc1ccc(-c2ccc3c(c2)C(=O)N2CC[C@H](NS(=O)(=O)c4cccs4)C[C@H]2C(=O)N3)cc1. The first kappa shape index (κ1) is 23.1. The number of nitrogens with one attached hydrogen (secondary N) is 2. The lowest BCUT2D eigenvalue weighted by atomic mass is 9.96. The molecule has 0 radical (unpaired) electrons. The summed E-state index contributed by atoms with van der Waals surface area (Å²) in [6, 6.07) is 15.6. The quantitative estimate of drug-likeness (QED) is 0.502. The summed E-state index contributed by atoms with van der Waals surface area (Å²) < 4.78 is 28.2. The van der Waals surface area contributed by atoms with Crippen LogP contribution in [0.25, 0.3) is 11.1 Å². The Hall–Kier alpha value is -2.66. The molecule has 34 heavy (non-hydrogen) atoms. The molecular formula is C24H23N3O4S3. The number of thioether (sulfide) groups is 1. The minimum Gasteiger partial charge on any atom is -0.326 e. The van der Waals surface area contributed by atoms with Gasteiger partial charge in [0.15, 0.2) is 0 Å². The Morgan fingerprint density at radius 2 is 1.85 bits per heavy atom. The standard InChI is InChI=1S/C24H23N3O4S3/c1-32-18-7-4-15(5-8-18)16-6-9-20-19(13-16)24(29)27-11-10-17(14-21(27)23(28)25-20)26-34(30,31)22-3-2-12-33-22/h2-9,12-13,17,21,26H,10-11,14H2,1H3,(H,25,28)/t17-,21-/m0/s1. The summed E-state index contributed by atoms with van der Waals surface area (Å²) in [4.78, 5) is 29.2. The van der Waals surface area contributed by atoms with Crippen LogP contribution in [0.5, 0.6) is 0 Å². The zero-order chi connectivity index (χ0) is 23.9. The average molecular weight is 514 g/mol. The van der Waals surface area contributed by atoms with E-state index in [0.717, 1.165) is 27.4 Å². The summed E-state index contributed by atoms with van der Waals surface area (Å²) in [6.45, 7) is 0.292. The van der Waals surface area contributed by atoms with Crippen LogP contribution in [0.2, 0.25) is 0 Å². The van der Waals surface area contributed by atoms with Crippen molar-refractivity contribution in [2.24, 2.45) is 0 Å². The van der Waals surface area contributed by atoms with Crippen LogP contribution >= 0.6 is 23.1 Å². The van der Waals surface area contributed by atoms with Crippen molar-refractivity contribution in [2.75, 3.05) is 18.1 Å². The molecule has 7 nitrogen and oxygen atoms in total. The van der Waals surface area contributed by atoms with E-state index in [0.29, 0.717) is 24.2 Å². The van der Waals surface area contributed by atoms with E-state index in [4.69, 9.17) is 0 Å². The Morgan fingerprint density at radius 3 is 2.56 bits per heavy atom. The highest BCUT2D eigenvalue weighted by atomic mass is 32.2. The van der Waals surface area contributed by atoms with Crippen molar-refractivity contribution in [1.29, 1.82) is 0 Å². The van der Waals surface area contributed by atoms with Crippen molar-refractivity contribution < 1.29 is 18.0 Å². The second kappa shape index (κ2) is 9.18. The normalized spacial score (nSPS) is 20.3. The number of rotatable bonds is 5. The van der Waals surface area contributed by atoms with Crippen LogP contribution in [0.1, 0.15) is 23.2 Å². The molecule has 2 aliphatic heterocycles. The number of amides is 2. The fraction of sp³-hybridized carbons (Fsp3) is 0.250. The minimum atomic E-state index is -3.66. The van der Waals surface area contributed by atoms with Gasteiger partial charge >= 0.3 is 0 Å². The molecule has 5 rings (SSSR count). The number of nitrogens with zero attached hydrogens (tertiary/aromatic N) is 1. The number of carbonyl (C=O) groups is 2. The first-order valence-corrected chi connectivity index (χ1v) is 14.4. The number of benzene rings is 2. The van der Waals surface area contributed by atoms with E-state index < -0.39 is 22.1 Å². The fourth-order valence-electron chi connectivity index (χ4n) is 4.42. The molecule has 2 aromatic carbocycles. The van der Waals surface area contributed by atoms with Crippen LogP contribution in [0.4, 0.5) is 5.69 Å². The lowest BCUT2D eigenvalue weighted by molar-refractivity contribution is -0.121. The summed E-state index contributed by atoms with van der Waals surface area (Å²) >= 11 is 2.81. The number of hydrogen-bond acceptors (Lipinski definition) is 6. The van der Waals surface area contributed by atoms with Crippen LogP contribution in [-0.2, 0) is 14.8 Å². The highest BCUT2D eigenvalue weighted by molar-refractivity contribution is 7.98. The van der Waals surface area contributed by atoms with Crippen LogP contribution < -0.4 is 10.0 Å². The molecule has 0 bridgehead atoms. The van der Waals surface area contributed by atoms with E-state index in [1.165, 1.54) is 0 Å². The molecule has 1 fully saturated rings. The number of carbonyl (C=O) groups excluding carboxylic acids is 2. The van der Waals surface area contributed by atoms with E-state index in [2.05, 4.69) is 10.0 Å². The molecule has 2 aliphatic rings. The van der Waals surface area contributed by atoms with Gasteiger partial charge < -0.3 is 10.2 Å². The topological polar surface area (TPSA) is 95.6 Å². The zero-order valence-corrected chi connectivity index (χ0v) is 20.8. The highest BCUT2D eigenvalue weighted by Gasteiger charge is 2.41. The maximum atomic E-state index is 13.5. The number of fused-ring (bicyclic) bond motifs is 2. The first-order chi connectivity index (χ1) is 16.4. The molecular weight excluding hydrogens is 490 g/mol. The molecule has 0 aliphatic carbocycles. The Morgan fingerprint density at radius 1 is 1.09 bits per heavy atom. The molecule has 1 saturated heterocycles. The van der Waals surface area contributed by atoms with Gasteiger partial charge in [-0.1, -0.05) is 24.3 Å². The van der Waals surface area contributed by atoms with E-state index in [9.17, 15) is 18.0 Å². The van der Waals surface area contributed by atoms with Crippen LogP contribution in [0.3, 0.4) is 0 Å². The molecule has 1 aromatic heterocycles. The predicted molar refractivity (Wildman–Crippen MR) is 135 cm³/mol. The van der Waals surface area contributed by atoms with Crippen molar-refractivity contribution in [2.45, 2.75) is 34.0 Å². The molecule has 0 saturated carbocycles. The van der Waals surface area contributed by atoms with Gasteiger partial charge in [0.2, 0.25) is 15.9 Å². The summed E-state index contributed by atoms with van der Waals surface area (Å²) in [7, 11) is -3.66. The predicted octanol–water partition coefficient (Wildman–Crippen LogP) is 4.04. The summed E-state index contributed by atoms with van der Waals surface area (Å²) in [5.74, 6) is -0.523. The first-order valence-electron chi connectivity index (χ1n) is 10.8. The largest absolute Gasteiger partial charge is 0.326 e. The van der Waals surface area contributed by atoms with E-state index in [1.807, 2.05) is 42.7 Å². The highest BCUT2D eigenvalue weighted by Crippen LogP contribution is 2.32. The Kier molecular flexibility index (Phi) is 6.24. The second-order valence-corrected chi connectivity index (χ2v) is 12.0. The van der Waals surface area contributed by atoms with E-state index >= 15 is 0 Å². The Balaban J connectivity index is 1.39. The monoisotopic (exact) mass is 513 g/mol. The Bertz CT molecular complexity index is 1340. The van der Waals surface area contributed by atoms with E-state index in [-0.39, 0.29) is 22.4 Å². The van der Waals surface area contributed by atoms with Gasteiger partial charge in [-0.25, -0.2) is 13.1 Å². The summed E-state index contributed by atoms with van der Waals surface area (Å²) in [5.41, 5.74) is 2.80. The van der Waals surface area contributed by atoms with Crippen molar-refractivity contribution in [3.63, 3.8) is 0 Å². The van der Waals surface area contributed by atoms with Crippen molar-refractivity contribution >= 4 is 50.6 Å². The number of piperidine rings is 1. The van der Waals surface area contributed by atoms with Gasteiger partial charge in [-0.05, 0) is 65.9 Å². The summed E-state index contributed by atoms with van der Waals surface area (Å²) in [5, 5.41) is 4.59. The molecule has 3 heterocycles. The number of thiophene rings is 1. The van der Waals surface area contributed by atoms with Crippen molar-refractivity contribution in [3.05, 3.63) is 65.5 Å². The lowest BCUT2D eigenvalue weighted by Gasteiger charge is -2.37. The molecule has 0 unspecified atom stereocenters. The maximum absolute atomic E-state index is 13.5. The average Bonchev–Trinajstić information content (AvgIpc) is 3.37. The smallest absolute Gasteiger partial charge is 0.256 e. The second-order valence-electron chi connectivity index (χ2n) is 8.27. The molecule has 0 spiro atoms. The third kappa shape index (κ3) is 4.38. The molecule has 2 atom stereocenters. The molecule has 3 aromatic rings. The number of hydrogen-bond donors (Lipinski definition) is 2. The molecule has 10 heteroatoms. The van der Waals surface area contributed by atoms with Gasteiger partial charge in [0.1, 0.15) is 10.3 Å². The van der Waals surface area contributed by atoms with Gasteiger partial charge in [0.05, 0.1) is 11.3 Å².